The molecule has 0 spiro atoms. The minimum atomic E-state index is -2.68. The molecule has 164 valence electrons. The van der Waals surface area contributed by atoms with Crippen molar-refractivity contribution in [2.24, 2.45) is 7.05 Å². The standard InChI is InChI=1S/C22H20F3N7/c1-12-9-16(21(24)25)32(29-12)18-10-17(26-11-27-18)28-22-19(13-3-4-13)20(31(2)30-22)14-5-7-15(23)8-6-14/h5-11,13,21H,3-4H2,1-2H3,(H,26,27,28,30). The van der Waals surface area contributed by atoms with E-state index < -0.39 is 6.43 Å². The summed E-state index contributed by atoms with van der Waals surface area (Å²) in [5.74, 6) is 1.31. The highest BCUT2D eigenvalue weighted by Crippen LogP contribution is 2.48. The molecule has 0 radical (unpaired) electrons. The number of aryl methyl sites for hydroxylation is 2. The summed E-state index contributed by atoms with van der Waals surface area (Å²) in [6, 6.07) is 9.21. The topological polar surface area (TPSA) is 73.5 Å². The van der Waals surface area contributed by atoms with Crippen molar-refractivity contribution in [2.45, 2.75) is 32.1 Å². The fourth-order valence-electron chi connectivity index (χ4n) is 3.85. The SMILES string of the molecule is Cc1cc(C(F)F)n(-c2cc(Nc3nn(C)c(-c4ccc(F)cc4)c3C3CC3)ncn2)n1. The minimum Gasteiger partial charge on any atom is -0.323 e. The lowest BCUT2D eigenvalue weighted by Gasteiger charge is -2.09. The van der Waals surface area contributed by atoms with Gasteiger partial charge in [-0.05, 0) is 56.0 Å². The number of nitrogens with one attached hydrogen (secondary N) is 1. The van der Waals surface area contributed by atoms with E-state index in [1.54, 1.807) is 29.8 Å². The van der Waals surface area contributed by atoms with Gasteiger partial charge in [-0.3, -0.25) is 4.68 Å². The van der Waals surface area contributed by atoms with E-state index >= 15 is 0 Å². The van der Waals surface area contributed by atoms with Gasteiger partial charge in [0.25, 0.3) is 6.43 Å². The molecule has 3 aromatic heterocycles. The third-order valence-electron chi connectivity index (χ3n) is 5.39. The molecule has 1 aromatic carbocycles. The van der Waals surface area contributed by atoms with Crippen LogP contribution < -0.4 is 5.32 Å². The lowest BCUT2D eigenvalue weighted by atomic mass is 10.0. The van der Waals surface area contributed by atoms with Crippen LogP contribution >= 0.6 is 0 Å². The zero-order valence-electron chi connectivity index (χ0n) is 17.4. The van der Waals surface area contributed by atoms with Crippen molar-refractivity contribution in [3.05, 3.63) is 65.5 Å². The number of benzene rings is 1. The Hall–Kier alpha value is -3.69. The predicted molar refractivity (Wildman–Crippen MR) is 113 cm³/mol. The summed E-state index contributed by atoms with van der Waals surface area (Å²) in [7, 11) is 1.84. The maximum absolute atomic E-state index is 13.4. The Labute approximate surface area is 181 Å². The Morgan fingerprint density at radius 3 is 2.50 bits per heavy atom. The molecular weight excluding hydrogens is 419 g/mol. The highest BCUT2D eigenvalue weighted by molar-refractivity contribution is 5.73. The van der Waals surface area contributed by atoms with Gasteiger partial charge in [-0.1, -0.05) is 0 Å². The van der Waals surface area contributed by atoms with Crippen molar-refractivity contribution >= 4 is 11.6 Å². The third kappa shape index (κ3) is 3.72. The molecule has 10 heteroatoms. The van der Waals surface area contributed by atoms with Crippen LogP contribution in [0.2, 0.25) is 0 Å². The monoisotopic (exact) mass is 439 g/mol. The summed E-state index contributed by atoms with van der Waals surface area (Å²) in [6.45, 7) is 1.65. The van der Waals surface area contributed by atoms with Crippen LogP contribution in [0.15, 0.2) is 42.7 Å². The second-order valence-corrected chi connectivity index (χ2v) is 7.83. The Bertz CT molecular complexity index is 1270. The Morgan fingerprint density at radius 1 is 1.06 bits per heavy atom. The number of alkyl halides is 2. The van der Waals surface area contributed by atoms with Gasteiger partial charge >= 0.3 is 0 Å². The lowest BCUT2D eigenvalue weighted by Crippen LogP contribution is -2.07. The van der Waals surface area contributed by atoms with E-state index in [-0.39, 0.29) is 17.3 Å². The molecule has 0 unspecified atom stereocenters. The Balaban J connectivity index is 1.52. The molecule has 1 aliphatic rings. The summed E-state index contributed by atoms with van der Waals surface area (Å²) in [6.07, 6.45) is 0.685. The quantitative estimate of drug-likeness (QED) is 0.454. The van der Waals surface area contributed by atoms with Crippen LogP contribution in [0.4, 0.5) is 24.8 Å². The number of nitrogens with zero attached hydrogens (tertiary/aromatic N) is 6. The lowest BCUT2D eigenvalue weighted by molar-refractivity contribution is 0.142. The largest absolute Gasteiger partial charge is 0.323 e. The number of hydrogen-bond acceptors (Lipinski definition) is 5. The highest BCUT2D eigenvalue weighted by Gasteiger charge is 2.33. The van der Waals surface area contributed by atoms with Crippen LogP contribution in [-0.2, 0) is 7.05 Å². The molecule has 0 amide bonds. The van der Waals surface area contributed by atoms with Gasteiger partial charge in [-0.25, -0.2) is 27.8 Å². The number of halogens is 3. The maximum Gasteiger partial charge on any atom is 0.280 e. The molecule has 1 aliphatic carbocycles. The Kier molecular flexibility index (Phi) is 4.91. The first-order chi connectivity index (χ1) is 15.4. The minimum absolute atomic E-state index is 0.230. The van der Waals surface area contributed by atoms with Gasteiger partial charge in [0.15, 0.2) is 11.6 Å². The fraction of sp³-hybridized carbons (Fsp3) is 0.273. The van der Waals surface area contributed by atoms with Crippen LogP contribution in [0.3, 0.4) is 0 Å². The van der Waals surface area contributed by atoms with Crippen LogP contribution in [0.5, 0.6) is 0 Å². The smallest absolute Gasteiger partial charge is 0.280 e. The summed E-state index contributed by atoms with van der Waals surface area (Å²) in [4.78, 5) is 8.35. The fourth-order valence-corrected chi connectivity index (χ4v) is 3.85. The van der Waals surface area contributed by atoms with E-state index in [0.29, 0.717) is 23.2 Å². The number of hydrogen-bond donors (Lipinski definition) is 1. The molecular formula is C22H20F3N7. The van der Waals surface area contributed by atoms with Gasteiger partial charge in [-0.15, -0.1) is 0 Å². The average molecular weight is 439 g/mol. The summed E-state index contributed by atoms with van der Waals surface area (Å²) >= 11 is 0. The summed E-state index contributed by atoms with van der Waals surface area (Å²) in [5, 5.41) is 12.0. The zero-order valence-corrected chi connectivity index (χ0v) is 17.4. The van der Waals surface area contributed by atoms with Crippen molar-refractivity contribution in [1.29, 1.82) is 0 Å². The van der Waals surface area contributed by atoms with Crippen molar-refractivity contribution in [3.8, 4) is 17.1 Å². The first-order valence-corrected chi connectivity index (χ1v) is 10.2. The number of aromatic nitrogens is 6. The number of anilines is 2. The molecule has 1 fully saturated rings. The van der Waals surface area contributed by atoms with Gasteiger partial charge < -0.3 is 5.32 Å². The first-order valence-electron chi connectivity index (χ1n) is 10.2. The van der Waals surface area contributed by atoms with Gasteiger partial charge in [0.1, 0.15) is 23.7 Å². The summed E-state index contributed by atoms with van der Waals surface area (Å²) < 4.78 is 43.1. The second kappa shape index (κ2) is 7.77. The Morgan fingerprint density at radius 2 is 1.81 bits per heavy atom. The van der Waals surface area contributed by atoms with Crippen molar-refractivity contribution < 1.29 is 13.2 Å². The van der Waals surface area contributed by atoms with Crippen LogP contribution in [0.25, 0.3) is 17.1 Å². The highest BCUT2D eigenvalue weighted by atomic mass is 19.3. The van der Waals surface area contributed by atoms with E-state index in [9.17, 15) is 13.2 Å². The zero-order chi connectivity index (χ0) is 22.4. The van der Waals surface area contributed by atoms with Gasteiger partial charge in [-0.2, -0.15) is 10.2 Å². The second-order valence-electron chi connectivity index (χ2n) is 7.83. The van der Waals surface area contributed by atoms with Crippen LogP contribution in [0, 0.1) is 12.7 Å². The van der Waals surface area contributed by atoms with E-state index in [1.807, 2.05) is 7.05 Å². The molecule has 1 saturated carbocycles. The van der Waals surface area contributed by atoms with E-state index in [2.05, 4.69) is 25.5 Å². The third-order valence-corrected chi connectivity index (χ3v) is 5.39. The van der Waals surface area contributed by atoms with Crippen molar-refractivity contribution in [1.82, 2.24) is 29.5 Å². The van der Waals surface area contributed by atoms with Crippen LogP contribution in [0.1, 0.15) is 42.1 Å². The molecule has 7 nitrogen and oxygen atoms in total. The van der Waals surface area contributed by atoms with Crippen LogP contribution in [-0.4, -0.2) is 29.5 Å². The molecule has 4 aromatic rings. The molecule has 0 atom stereocenters. The molecule has 5 rings (SSSR count). The number of rotatable bonds is 6. The summed E-state index contributed by atoms with van der Waals surface area (Å²) in [5.41, 5.74) is 3.04. The molecule has 1 N–H and O–H groups in total. The maximum atomic E-state index is 13.4. The molecule has 0 saturated heterocycles. The van der Waals surface area contributed by atoms with E-state index in [4.69, 9.17) is 0 Å². The van der Waals surface area contributed by atoms with Gasteiger partial charge in [0.05, 0.1) is 11.4 Å². The first kappa shape index (κ1) is 20.2. The van der Waals surface area contributed by atoms with Crippen molar-refractivity contribution in [3.63, 3.8) is 0 Å². The van der Waals surface area contributed by atoms with Crippen molar-refractivity contribution in [2.75, 3.05) is 5.32 Å². The molecule has 3 heterocycles. The normalized spacial score (nSPS) is 13.7. The average Bonchev–Trinajstić information content (AvgIpc) is 3.44. The van der Waals surface area contributed by atoms with Gasteiger partial charge in [0.2, 0.25) is 0 Å². The molecule has 0 aliphatic heterocycles. The van der Waals surface area contributed by atoms with E-state index in [0.717, 1.165) is 34.3 Å². The molecule has 32 heavy (non-hydrogen) atoms. The van der Waals surface area contributed by atoms with Gasteiger partial charge in [0, 0.05) is 24.2 Å². The predicted octanol–water partition coefficient (Wildman–Crippen LogP) is 5.07. The molecule has 0 bridgehead atoms. The van der Waals surface area contributed by atoms with E-state index in [1.165, 1.54) is 24.5 Å².